The summed E-state index contributed by atoms with van der Waals surface area (Å²) in [5, 5.41) is 20.9. The number of hydrogen-bond acceptors (Lipinski definition) is 5. The first kappa shape index (κ1) is 14.9. The van der Waals surface area contributed by atoms with Crippen molar-refractivity contribution < 1.29 is 9.72 Å². The van der Waals surface area contributed by atoms with E-state index in [9.17, 15) is 14.9 Å². The molecule has 0 aliphatic rings. The molecule has 0 aliphatic carbocycles. The minimum Gasteiger partial charge on any atom is -0.342 e. The number of hydrogen-bond donors (Lipinski definition) is 1. The maximum absolute atomic E-state index is 12.2. The number of nitro benzene ring substituents is 1. The summed E-state index contributed by atoms with van der Waals surface area (Å²) < 4.78 is 1.67. The molecule has 1 amide bonds. The Kier molecular flexibility index (Phi) is 4.18. The predicted molar refractivity (Wildman–Crippen MR) is 75.0 cm³/mol. The number of nitrogens with one attached hydrogen (secondary N) is 1. The van der Waals surface area contributed by atoms with Crippen molar-refractivity contribution >= 4 is 23.2 Å². The van der Waals surface area contributed by atoms with Gasteiger partial charge in [-0.25, -0.2) is 0 Å². The number of aromatic nitrogens is 3. The van der Waals surface area contributed by atoms with Crippen LogP contribution in [0.25, 0.3) is 0 Å². The molecule has 0 saturated heterocycles. The van der Waals surface area contributed by atoms with Crippen molar-refractivity contribution in [2.45, 2.75) is 13.0 Å². The molecule has 9 heteroatoms. The zero-order valence-electron chi connectivity index (χ0n) is 11.3. The maximum Gasteiger partial charge on any atom is 0.288 e. The Hall–Kier alpha value is -2.48. The molecule has 1 unspecified atom stereocenters. The monoisotopic (exact) mass is 309 g/mol. The molecule has 2 aromatic rings. The number of halogens is 1. The van der Waals surface area contributed by atoms with Gasteiger partial charge in [-0.3, -0.25) is 14.9 Å². The maximum atomic E-state index is 12.2. The van der Waals surface area contributed by atoms with E-state index >= 15 is 0 Å². The van der Waals surface area contributed by atoms with Gasteiger partial charge in [-0.05, 0) is 13.0 Å². The minimum atomic E-state index is -0.634. The number of rotatable bonds is 4. The lowest BCUT2D eigenvalue weighted by molar-refractivity contribution is -0.384. The average Bonchev–Trinajstić information content (AvgIpc) is 2.84. The molecule has 0 spiro atoms. The summed E-state index contributed by atoms with van der Waals surface area (Å²) in [5.41, 5.74) is -0.268. The molecule has 110 valence electrons. The fourth-order valence-corrected chi connectivity index (χ4v) is 2.14. The Morgan fingerprint density at radius 3 is 2.81 bits per heavy atom. The van der Waals surface area contributed by atoms with Gasteiger partial charge in [0.2, 0.25) is 0 Å². The smallest absolute Gasteiger partial charge is 0.288 e. The second-order valence-electron chi connectivity index (χ2n) is 4.39. The molecule has 1 heterocycles. The molecule has 0 saturated carbocycles. The molecule has 1 N–H and O–H groups in total. The lowest BCUT2D eigenvalue weighted by atomic mass is 10.1. The summed E-state index contributed by atoms with van der Waals surface area (Å²) >= 11 is 5.90. The van der Waals surface area contributed by atoms with Gasteiger partial charge in [0, 0.05) is 13.1 Å². The van der Waals surface area contributed by atoms with Crippen LogP contribution in [0.1, 0.15) is 29.1 Å². The van der Waals surface area contributed by atoms with Crippen molar-refractivity contribution in [3.8, 4) is 0 Å². The largest absolute Gasteiger partial charge is 0.342 e. The van der Waals surface area contributed by atoms with E-state index in [1.165, 1.54) is 24.5 Å². The molecule has 1 aromatic carbocycles. The van der Waals surface area contributed by atoms with Crippen LogP contribution >= 0.6 is 11.6 Å². The quantitative estimate of drug-likeness (QED) is 0.686. The van der Waals surface area contributed by atoms with Gasteiger partial charge in [-0.1, -0.05) is 17.7 Å². The fraction of sp³-hybridized carbons (Fsp3) is 0.250. The summed E-state index contributed by atoms with van der Waals surface area (Å²) in [7, 11) is 1.75. The van der Waals surface area contributed by atoms with Crippen LogP contribution in [0.2, 0.25) is 5.02 Å². The summed E-state index contributed by atoms with van der Waals surface area (Å²) in [6.45, 7) is 1.73. The molecule has 1 aromatic heterocycles. The first-order valence-electron chi connectivity index (χ1n) is 5.99. The SMILES string of the molecule is CC(NC(=O)c1cccc([N+](=O)[O-])c1Cl)c1nncn1C. The van der Waals surface area contributed by atoms with Gasteiger partial charge in [0.15, 0.2) is 5.82 Å². The van der Waals surface area contributed by atoms with Crippen molar-refractivity contribution in [2.24, 2.45) is 7.05 Å². The highest BCUT2D eigenvalue weighted by Crippen LogP contribution is 2.28. The van der Waals surface area contributed by atoms with Crippen LogP contribution in [0.15, 0.2) is 24.5 Å². The van der Waals surface area contributed by atoms with Crippen molar-refractivity contribution in [2.75, 3.05) is 0 Å². The minimum absolute atomic E-state index is 0.0416. The number of nitro groups is 1. The normalized spacial score (nSPS) is 12.0. The zero-order chi connectivity index (χ0) is 15.6. The van der Waals surface area contributed by atoms with Crippen LogP contribution < -0.4 is 5.32 Å². The number of carbonyl (C=O) groups excluding carboxylic acids is 1. The Labute approximate surface area is 124 Å². The van der Waals surface area contributed by atoms with Crippen LogP contribution in [-0.2, 0) is 7.05 Å². The number of nitrogens with zero attached hydrogens (tertiary/aromatic N) is 4. The van der Waals surface area contributed by atoms with E-state index in [0.29, 0.717) is 5.82 Å². The molecular weight excluding hydrogens is 298 g/mol. The zero-order valence-corrected chi connectivity index (χ0v) is 12.0. The first-order chi connectivity index (χ1) is 9.91. The Balaban J connectivity index is 2.23. The van der Waals surface area contributed by atoms with Gasteiger partial charge < -0.3 is 9.88 Å². The van der Waals surface area contributed by atoms with E-state index in [2.05, 4.69) is 15.5 Å². The molecule has 2 rings (SSSR count). The van der Waals surface area contributed by atoms with Crippen molar-refractivity contribution in [3.63, 3.8) is 0 Å². The first-order valence-corrected chi connectivity index (χ1v) is 6.37. The molecule has 0 fully saturated rings. The third-order valence-electron chi connectivity index (χ3n) is 2.90. The predicted octanol–water partition coefficient (Wildman–Crippen LogP) is 1.87. The Morgan fingerprint density at radius 2 is 2.24 bits per heavy atom. The number of carbonyl (C=O) groups is 1. The van der Waals surface area contributed by atoms with Crippen molar-refractivity contribution in [3.05, 3.63) is 51.1 Å². The lowest BCUT2D eigenvalue weighted by Gasteiger charge is -2.13. The third-order valence-corrected chi connectivity index (χ3v) is 3.30. The van der Waals surface area contributed by atoms with E-state index in [1.54, 1.807) is 18.5 Å². The van der Waals surface area contributed by atoms with Gasteiger partial charge >= 0.3 is 0 Å². The van der Waals surface area contributed by atoms with Crippen LogP contribution in [0, 0.1) is 10.1 Å². The Bertz CT molecular complexity index is 700. The van der Waals surface area contributed by atoms with Crippen molar-refractivity contribution in [1.82, 2.24) is 20.1 Å². The van der Waals surface area contributed by atoms with Gasteiger partial charge in [0.05, 0.1) is 16.5 Å². The summed E-state index contributed by atoms with van der Waals surface area (Å²) in [5.74, 6) is 0.0455. The highest BCUT2D eigenvalue weighted by Gasteiger charge is 2.22. The summed E-state index contributed by atoms with van der Waals surface area (Å²) in [6.07, 6.45) is 1.51. The van der Waals surface area contributed by atoms with Crippen molar-refractivity contribution in [1.29, 1.82) is 0 Å². The summed E-state index contributed by atoms with van der Waals surface area (Å²) in [4.78, 5) is 22.4. The van der Waals surface area contributed by atoms with E-state index in [4.69, 9.17) is 11.6 Å². The number of aryl methyl sites for hydroxylation is 1. The third kappa shape index (κ3) is 3.00. The van der Waals surface area contributed by atoms with E-state index < -0.39 is 16.9 Å². The molecule has 0 radical (unpaired) electrons. The van der Waals surface area contributed by atoms with E-state index in [1.807, 2.05) is 0 Å². The molecule has 8 nitrogen and oxygen atoms in total. The van der Waals surface area contributed by atoms with E-state index in [-0.39, 0.29) is 16.3 Å². The van der Waals surface area contributed by atoms with Crippen LogP contribution in [-0.4, -0.2) is 25.6 Å². The summed E-state index contributed by atoms with van der Waals surface area (Å²) in [6, 6.07) is 3.66. The van der Waals surface area contributed by atoms with Crippen LogP contribution in [0.3, 0.4) is 0 Å². The van der Waals surface area contributed by atoms with Gasteiger partial charge in [0.25, 0.3) is 11.6 Å². The second kappa shape index (κ2) is 5.88. The fourth-order valence-electron chi connectivity index (χ4n) is 1.86. The number of benzene rings is 1. The van der Waals surface area contributed by atoms with Gasteiger partial charge in [0.1, 0.15) is 11.3 Å². The van der Waals surface area contributed by atoms with E-state index in [0.717, 1.165) is 0 Å². The molecule has 1 atom stereocenters. The Morgan fingerprint density at radius 1 is 1.52 bits per heavy atom. The molecular formula is C12H12ClN5O3. The number of amides is 1. The highest BCUT2D eigenvalue weighted by atomic mass is 35.5. The van der Waals surface area contributed by atoms with Crippen LogP contribution in [0.5, 0.6) is 0 Å². The molecule has 21 heavy (non-hydrogen) atoms. The molecule has 0 aliphatic heterocycles. The second-order valence-corrected chi connectivity index (χ2v) is 4.77. The molecule has 0 bridgehead atoms. The highest BCUT2D eigenvalue weighted by molar-refractivity contribution is 6.35. The average molecular weight is 310 g/mol. The lowest BCUT2D eigenvalue weighted by Crippen LogP contribution is -2.28. The van der Waals surface area contributed by atoms with Crippen LogP contribution in [0.4, 0.5) is 5.69 Å². The van der Waals surface area contributed by atoms with Gasteiger partial charge in [-0.15, -0.1) is 10.2 Å². The standard InChI is InChI=1S/C12H12ClN5O3/c1-7(11-16-14-6-17(11)2)15-12(19)8-4-3-5-9(10(8)13)18(20)21/h3-7H,1-2H3,(H,15,19). The van der Waals surface area contributed by atoms with Gasteiger partial charge in [-0.2, -0.15) is 0 Å². The topological polar surface area (TPSA) is 103 Å².